The molecule has 0 radical (unpaired) electrons. The summed E-state index contributed by atoms with van der Waals surface area (Å²) in [6.07, 6.45) is 2.44. The van der Waals surface area contributed by atoms with Gasteiger partial charge in [-0.2, -0.15) is 0 Å². The normalized spacial score (nSPS) is 19.2. The second-order valence-electron chi connectivity index (χ2n) is 3.60. The molecule has 0 spiro atoms. The molecule has 1 aromatic heterocycles. The standard InChI is InChI=1S/C12H12O4/c1-7-4-12(15-9(7)3)16-11-6-14-8(2)5-10(11)13/h4-6,12H,3H2,1-2H3. The smallest absolute Gasteiger partial charge is 0.261 e. The minimum Gasteiger partial charge on any atom is -0.465 e. The lowest BCUT2D eigenvalue weighted by Gasteiger charge is -2.11. The van der Waals surface area contributed by atoms with Gasteiger partial charge in [0.2, 0.25) is 11.2 Å². The Kier molecular flexibility index (Phi) is 2.56. The molecule has 4 heteroatoms. The Morgan fingerprint density at radius 2 is 2.19 bits per heavy atom. The van der Waals surface area contributed by atoms with E-state index < -0.39 is 6.29 Å². The van der Waals surface area contributed by atoms with Crippen molar-refractivity contribution in [2.75, 3.05) is 0 Å². The summed E-state index contributed by atoms with van der Waals surface area (Å²) in [7, 11) is 0. The number of hydrogen-bond acceptors (Lipinski definition) is 4. The van der Waals surface area contributed by atoms with Crippen LogP contribution in [0.2, 0.25) is 0 Å². The highest BCUT2D eigenvalue weighted by atomic mass is 16.7. The first-order valence-corrected chi connectivity index (χ1v) is 4.87. The largest absolute Gasteiger partial charge is 0.465 e. The molecule has 2 rings (SSSR count). The van der Waals surface area contributed by atoms with Crippen molar-refractivity contribution >= 4 is 0 Å². The second-order valence-corrected chi connectivity index (χ2v) is 3.60. The number of ether oxygens (including phenoxy) is 2. The van der Waals surface area contributed by atoms with Crippen molar-refractivity contribution in [1.29, 1.82) is 0 Å². The van der Waals surface area contributed by atoms with E-state index in [1.54, 1.807) is 13.0 Å². The second kappa shape index (κ2) is 3.89. The highest BCUT2D eigenvalue weighted by molar-refractivity contribution is 5.27. The van der Waals surface area contributed by atoms with Crippen molar-refractivity contribution in [2.24, 2.45) is 0 Å². The molecular formula is C12H12O4. The van der Waals surface area contributed by atoms with Crippen LogP contribution in [0.5, 0.6) is 5.75 Å². The van der Waals surface area contributed by atoms with Crippen LogP contribution in [0.25, 0.3) is 0 Å². The Balaban J connectivity index is 2.17. The summed E-state index contributed by atoms with van der Waals surface area (Å²) in [5.74, 6) is 1.23. The first-order chi connectivity index (χ1) is 7.56. The van der Waals surface area contributed by atoms with E-state index in [0.29, 0.717) is 11.5 Å². The van der Waals surface area contributed by atoms with Crippen molar-refractivity contribution in [2.45, 2.75) is 20.1 Å². The first kappa shape index (κ1) is 10.5. The molecule has 4 nitrogen and oxygen atoms in total. The number of allylic oxidation sites excluding steroid dienone is 1. The molecule has 0 saturated heterocycles. The zero-order valence-electron chi connectivity index (χ0n) is 9.15. The number of hydrogen-bond donors (Lipinski definition) is 0. The maximum atomic E-state index is 11.5. The van der Waals surface area contributed by atoms with Gasteiger partial charge in [0.25, 0.3) is 6.29 Å². The van der Waals surface area contributed by atoms with Gasteiger partial charge >= 0.3 is 0 Å². The summed E-state index contributed by atoms with van der Waals surface area (Å²) in [6, 6.07) is 1.37. The topological polar surface area (TPSA) is 48.7 Å². The van der Waals surface area contributed by atoms with Crippen molar-refractivity contribution in [3.63, 3.8) is 0 Å². The molecule has 0 bridgehead atoms. The van der Waals surface area contributed by atoms with Crippen LogP contribution in [0.15, 0.2) is 45.5 Å². The van der Waals surface area contributed by atoms with Crippen LogP contribution >= 0.6 is 0 Å². The molecule has 1 aliphatic heterocycles. The van der Waals surface area contributed by atoms with Crippen LogP contribution < -0.4 is 10.2 Å². The predicted octanol–water partition coefficient (Wildman–Crippen LogP) is 2.14. The molecule has 84 valence electrons. The van der Waals surface area contributed by atoms with Gasteiger partial charge in [0.1, 0.15) is 17.8 Å². The highest BCUT2D eigenvalue weighted by Crippen LogP contribution is 2.22. The summed E-state index contributed by atoms with van der Waals surface area (Å²) in [4.78, 5) is 11.5. The zero-order chi connectivity index (χ0) is 11.7. The molecule has 1 atom stereocenters. The van der Waals surface area contributed by atoms with Gasteiger partial charge in [0, 0.05) is 12.1 Å². The van der Waals surface area contributed by atoms with E-state index in [4.69, 9.17) is 13.9 Å². The maximum Gasteiger partial charge on any atom is 0.261 e. The van der Waals surface area contributed by atoms with Crippen LogP contribution in [0, 0.1) is 6.92 Å². The van der Waals surface area contributed by atoms with Gasteiger partial charge in [-0.15, -0.1) is 0 Å². The fraction of sp³-hybridized carbons (Fsp3) is 0.250. The highest BCUT2D eigenvalue weighted by Gasteiger charge is 2.20. The molecular weight excluding hydrogens is 208 g/mol. The van der Waals surface area contributed by atoms with Gasteiger partial charge in [0.15, 0.2) is 0 Å². The lowest BCUT2D eigenvalue weighted by atomic mass is 10.3. The van der Waals surface area contributed by atoms with Crippen molar-refractivity contribution < 1.29 is 13.9 Å². The minimum atomic E-state index is -0.599. The van der Waals surface area contributed by atoms with Crippen LogP contribution in [-0.2, 0) is 4.74 Å². The molecule has 1 unspecified atom stereocenters. The summed E-state index contributed by atoms with van der Waals surface area (Å²) in [5.41, 5.74) is 0.678. The summed E-state index contributed by atoms with van der Waals surface area (Å²) >= 11 is 0. The Bertz CT molecular complexity index is 510. The Hall–Kier alpha value is -1.97. The SMILES string of the molecule is C=C1OC(Oc2coc(C)cc2=O)C=C1C. The lowest BCUT2D eigenvalue weighted by molar-refractivity contribution is 0.00852. The Morgan fingerprint density at radius 1 is 1.44 bits per heavy atom. The quantitative estimate of drug-likeness (QED) is 0.766. The average Bonchev–Trinajstić information content (AvgIpc) is 2.51. The minimum absolute atomic E-state index is 0.134. The summed E-state index contributed by atoms with van der Waals surface area (Å²) < 4.78 is 15.7. The van der Waals surface area contributed by atoms with E-state index in [1.807, 2.05) is 6.92 Å². The molecule has 16 heavy (non-hydrogen) atoms. The summed E-state index contributed by atoms with van der Waals surface area (Å²) in [5, 5.41) is 0. The van der Waals surface area contributed by atoms with E-state index in [0.717, 1.165) is 5.57 Å². The molecule has 2 heterocycles. The predicted molar refractivity (Wildman–Crippen MR) is 58.1 cm³/mol. The van der Waals surface area contributed by atoms with Crippen LogP contribution in [-0.4, -0.2) is 6.29 Å². The monoisotopic (exact) mass is 220 g/mol. The van der Waals surface area contributed by atoms with Crippen molar-refractivity contribution in [1.82, 2.24) is 0 Å². The van der Waals surface area contributed by atoms with E-state index in [2.05, 4.69) is 6.58 Å². The fourth-order valence-corrected chi connectivity index (χ4v) is 1.33. The third-order valence-electron chi connectivity index (χ3n) is 2.26. The lowest BCUT2D eigenvalue weighted by Crippen LogP contribution is -2.17. The van der Waals surface area contributed by atoms with Gasteiger partial charge < -0.3 is 13.9 Å². The maximum absolute atomic E-state index is 11.5. The number of rotatable bonds is 2. The molecule has 0 aromatic carbocycles. The molecule has 0 N–H and O–H groups in total. The number of aryl methyl sites for hydroxylation is 1. The van der Waals surface area contributed by atoms with E-state index >= 15 is 0 Å². The Morgan fingerprint density at radius 3 is 2.75 bits per heavy atom. The first-order valence-electron chi connectivity index (χ1n) is 4.87. The van der Waals surface area contributed by atoms with Crippen LogP contribution in [0.3, 0.4) is 0 Å². The van der Waals surface area contributed by atoms with Crippen molar-refractivity contribution in [3.8, 4) is 5.75 Å². The molecule has 0 amide bonds. The van der Waals surface area contributed by atoms with Gasteiger partial charge in [-0.3, -0.25) is 4.79 Å². The third kappa shape index (κ3) is 2.00. The summed E-state index contributed by atoms with van der Waals surface area (Å²) in [6.45, 7) is 7.25. The van der Waals surface area contributed by atoms with Crippen LogP contribution in [0.1, 0.15) is 12.7 Å². The third-order valence-corrected chi connectivity index (χ3v) is 2.26. The van der Waals surface area contributed by atoms with Gasteiger partial charge in [-0.05, 0) is 19.4 Å². The van der Waals surface area contributed by atoms with E-state index in [9.17, 15) is 4.79 Å². The molecule has 0 aliphatic carbocycles. The van der Waals surface area contributed by atoms with Gasteiger partial charge in [-0.1, -0.05) is 6.58 Å². The van der Waals surface area contributed by atoms with Gasteiger partial charge in [-0.25, -0.2) is 0 Å². The molecule has 0 fully saturated rings. The molecule has 0 saturated carbocycles. The average molecular weight is 220 g/mol. The van der Waals surface area contributed by atoms with Gasteiger partial charge in [0.05, 0.1) is 0 Å². The van der Waals surface area contributed by atoms with E-state index in [1.165, 1.54) is 12.3 Å². The fourth-order valence-electron chi connectivity index (χ4n) is 1.33. The Labute approximate surface area is 92.8 Å². The molecule has 1 aromatic rings. The zero-order valence-corrected chi connectivity index (χ0v) is 9.15. The molecule has 1 aliphatic rings. The van der Waals surface area contributed by atoms with E-state index in [-0.39, 0.29) is 11.2 Å². The van der Waals surface area contributed by atoms with Crippen LogP contribution in [0.4, 0.5) is 0 Å². The van der Waals surface area contributed by atoms with Crippen molar-refractivity contribution in [3.05, 3.63) is 52.3 Å².